The van der Waals surface area contributed by atoms with Gasteiger partial charge in [-0.2, -0.15) is 0 Å². The van der Waals surface area contributed by atoms with E-state index in [0.717, 1.165) is 21.1 Å². The molecule has 0 aliphatic carbocycles. The summed E-state index contributed by atoms with van der Waals surface area (Å²) in [5, 5.41) is 3.99. The Labute approximate surface area is 139 Å². The molecule has 1 amide bonds. The Kier molecular flexibility index (Phi) is 4.69. The van der Waals surface area contributed by atoms with Gasteiger partial charge in [-0.25, -0.2) is 4.98 Å². The lowest BCUT2D eigenvalue weighted by atomic mass is 10.3. The summed E-state index contributed by atoms with van der Waals surface area (Å²) in [6.45, 7) is 2.52. The Morgan fingerprint density at radius 2 is 1.87 bits per heavy atom. The lowest BCUT2D eigenvalue weighted by molar-refractivity contribution is -0.902. The summed E-state index contributed by atoms with van der Waals surface area (Å²) >= 11 is 1.70. The number of likely N-dealkylation sites (N-methyl/N-ethyl adjacent to an activating group) is 1. The van der Waals surface area contributed by atoms with E-state index in [-0.39, 0.29) is 11.9 Å². The molecule has 2 N–H and O–H groups in total. The Hall–Kier alpha value is -2.24. The number of carbonyl (C=O) groups excluding carboxylic acids is 1. The maximum absolute atomic E-state index is 12.2. The van der Waals surface area contributed by atoms with E-state index in [1.807, 2.05) is 55.6 Å². The third-order valence-corrected chi connectivity index (χ3v) is 5.14. The molecule has 0 aliphatic heterocycles. The van der Waals surface area contributed by atoms with Crippen LogP contribution in [0.15, 0.2) is 54.6 Å². The van der Waals surface area contributed by atoms with Crippen LogP contribution in [0.3, 0.4) is 0 Å². The monoisotopic (exact) mass is 326 g/mol. The van der Waals surface area contributed by atoms with Crippen LogP contribution in [-0.2, 0) is 4.79 Å². The molecule has 3 rings (SSSR count). The summed E-state index contributed by atoms with van der Waals surface area (Å²) in [6.07, 6.45) is 0. The first-order valence-corrected chi connectivity index (χ1v) is 8.48. The second kappa shape index (κ2) is 6.89. The van der Waals surface area contributed by atoms with Gasteiger partial charge in [0.05, 0.1) is 17.3 Å². The number of carbonyl (C=O) groups is 1. The molecule has 0 saturated heterocycles. The van der Waals surface area contributed by atoms with E-state index in [9.17, 15) is 4.79 Å². The summed E-state index contributed by atoms with van der Waals surface area (Å²) in [4.78, 5) is 18.0. The number of hydrogen-bond acceptors (Lipinski definition) is 3. The molecule has 0 saturated carbocycles. The highest BCUT2D eigenvalue weighted by Gasteiger charge is 2.22. The SMILES string of the molecule is C[C@@H](c1nc2ccccc2s1)[NH+](C)CC(=O)Nc1ccccc1. The molecule has 0 spiro atoms. The Morgan fingerprint density at radius 1 is 1.17 bits per heavy atom. The van der Waals surface area contributed by atoms with E-state index < -0.39 is 0 Å². The molecule has 1 unspecified atom stereocenters. The number of para-hydroxylation sites is 2. The molecule has 3 aromatic rings. The van der Waals surface area contributed by atoms with Crippen LogP contribution in [0.5, 0.6) is 0 Å². The van der Waals surface area contributed by atoms with Crippen molar-refractivity contribution in [3.63, 3.8) is 0 Å². The molecule has 0 bridgehead atoms. The zero-order chi connectivity index (χ0) is 16.2. The summed E-state index contributed by atoms with van der Waals surface area (Å²) in [5.74, 6) is 0.0154. The van der Waals surface area contributed by atoms with E-state index >= 15 is 0 Å². The topological polar surface area (TPSA) is 46.4 Å². The summed E-state index contributed by atoms with van der Waals surface area (Å²) in [5.41, 5.74) is 1.86. The largest absolute Gasteiger partial charge is 0.322 e. The Morgan fingerprint density at radius 3 is 2.61 bits per heavy atom. The van der Waals surface area contributed by atoms with Gasteiger partial charge in [-0.05, 0) is 31.2 Å². The molecule has 118 valence electrons. The molecule has 1 heterocycles. The zero-order valence-corrected chi connectivity index (χ0v) is 14.1. The van der Waals surface area contributed by atoms with Crippen LogP contribution in [0.2, 0.25) is 0 Å². The van der Waals surface area contributed by atoms with Crippen molar-refractivity contribution in [1.29, 1.82) is 0 Å². The first-order valence-electron chi connectivity index (χ1n) is 7.66. The predicted molar refractivity (Wildman–Crippen MR) is 94.9 cm³/mol. The normalized spacial score (nSPS) is 13.7. The van der Waals surface area contributed by atoms with Crippen LogP contribution in [-0.4, -0.2) is 24.5 Å². The summed E-state index contributed by atoms with van der Waals surface area (Å²) in [7, 11) is 2.03. The second-order valence-corrected chi connectivity index (χ2v) is 6.74. The van der Waals surface area contributed by atoms with E-state index in [4.69, 9.17) is 4.98 Å². The lowest BCUT2D eigenvalue weighted by Crippen LogP contribution is -3.10. The molecule has 2 aromatic carbocycles. The molecule has 4 nitrogen and oxygen atoms in total. The maximum atomic E-state index is 12.2. The fourth-order valence-electron chi connectivity index (χ4n) is 2.42. The van der Waals surface area contributed by atoms with Crippen molar-refractivity contribution < 1.29 is 9.69 Å². The number of thiazole rings is 1. The second-order valence-electron chi connectivity index (χ2n) is 5.68. The zero-order valence-electron chi connectivity index (χ0n) is 13.2. The smallest absolute Gasteiger partial charge is 0.279 e. The minimum atomic E-state index is 0.0154. The maximum Gasteiger partial charge on any atom is 0.279 e. The highest BCUT2D eigenvalue weighted by atomic mass is 32.1. The van der Waals surface area contributed by atoms with Crippen molar-refractivity contribution in [2.24, 2.45) is 0 Å². The molecule has 5 heteroatoms. The third kappa shape index (κ3) is 3.75. The van der Waals surface area contributed by atoms with Crippen LogP contribution < -0.4 is 10.2 Å². The standard InChI is InChI=1S/C18H19N3OS/c1-13(18-20-15-10-6-7-11-16(15)23-18)21(2)12-17(22)19-14-8-4-3-5-9-14/h3-11,13H,12H2,1-2H3,(H,19,22)/p+1/t13-/m0/s1. The number of nitrogens with zero attached hydrogens (tertiary/aromatic N) is 1. The van der Waals surface area contributed by atoms with Gasteiger partial charge in [0, 0.05) is 5.69 Å². The van der Waals surface area contributed by atoms with Crippen LogP contribution in [0.1, 0.15) is 18.0 Å². The average molecular weight is 326 g/mol. The molecule has 23 heavy (non-hydrogen) atoms. The first kappa shape index (κ1) is 15.6. The van der Waals surface area contributed by atoms with Gasteiger partial charge in [0.1, 0.15) is 6.04 Å². The van der Waals surface area contributed by atoms with Crippen LogP contribution in [0.25, 0.3) is 10.2 Å². The van der Waals surface area contributed by atoms with Crippen molar-refractivity contribution in [3.8, 4) is 0 Å². The first-order chi connectivity index (χ1) is 11.1. The lowest BCUT2D eigenvalue weighted by Gasteiger charge is -2.19. The number of benzene rings is 2. The minimum absolute atomic E-state index is 0.0154. The molecule has 0 aliphatic rings. The van der Waals surface area contributed by atoms with E-state index in [2.05, 4.69) is 18.3 Å². The van der Waals surface area contributed by atoms with Gasteiger partial charge in [0.2, 0.25) is 0 Å². The van der Waals surface area contributed by atoms with Crippen molar-refractivity contribution in [1.82, 2.24) is 4.98 Å². The highest BCUT2D eigenvalue weighted by molar-refractivity contribution is 7.18. The average Bonchev–Trinajstić information content (AvgIpc) is 2.98. The minimum Gasteiger partial charge on any atom is -0.322 e. The van der Waals surface area contributed by atoms with Gasteiger partial charge in [-0.3, -0.25) is 4.79 Å². The van der Waals surface area contributed by atoms with Gasteiger partial charge < -0.3 is 10.2 Å². The van der Waals surface area contributed by atoms with E-state index in [1.54, 1.807) is 11.3 Å². The number of amides is 1. The number of anilines is 1. The predicted octanol–water partition coefficient (Wildman–Crippen LogP) is 2.51. The number of rotatable bonds is 5. The van der Waals surface area contributed by atoms with Crippen LogP contribution in [0.4, 0.5) is 5.69 Å². The summed E-state index contributed by atoms with van der Waals surface area (Å²) < 4.78 is 1.19. The van der Waals surface area contributed by atoms with Crippen molar-refractivity contribution in [2.45, 2.75) is 13.0 Å². The number of nitrogens with one attached hydrogen (secondary N) is 2. The van der Waals surface area contributed by atoms with Crippen molar-refractivity contribution in [2.75, 3.05) is 18.9 Å². The van der Waals surface area contributed by atoms with Crippen molar-refractivity contribution in [3.05, 3.63) is 59.6 Å². The summed E-state index contributed by atoms with van der Waals surface area (Å²) in [6, 6.07) is 17.9. The molecule has 0 radical (unpaired) electrons. The van der Waals surface area contributed by atoms with Gasteiger partial charge in [0.25, 0.3) is 5.91 Å². The fourth-order valence-corrected chi connectivity index (χ4v) is 3.53. The molecular formula is C18H20N3OS+. The van der Waals surface area contributed by atoms with E-state index in [1.165, 1.54) is 4.70 Å². The fraction of sp³-hybridized carbons (Fsp3) is 0.222. The molecular weight excluding hydrogens is 306 g/mol. The highest BCUT2D eigenvalue weighted by Crippen LogP contribution is 2.24. The van der Waals surface area contributed by atoms with Crippen LogP contribution in [0, 0.1) is 0 Å². The number of fused-ring (bicyclic) bond motifs is 1. The number of quaternary nitrogens is 1. The quantitative estimate of drug-likeness (QED) is 0.757. The van der Waals surface area contributed by atoms with Gasteiger partial charge in [-0.1, -0.05) is 30.3 Å². The third-order valence-electron chi connectivity index (χ3n) is 3.92. The van der Waals surface area contributed by atoms with Gasteiger partial charge >= 0.3 is 0 Å². The number of aromatic nitrogens is 1. The van der Waals surface area contributed by atoms with Crippen molar-refractivity contribution >= 4 is 33.1 Å². The van der Waals surface area contributed by atoms with E-state index in [0.29, 0.717) is 6.54 Å². The number of hydrogen-bond donors (Lipinski definition) is 2. The Balaban J connectivity index is 1.65. The van der Waals surface area contributed by atoms with Gasteiger partial charge in [0.15, 0.2) is 11.6 Å². The van der Waals surface area contributed by atoms with Gasteiger partial charge in [-0.15, -0.1) is 11.3 Å². The molecule has 2 atom stereocenters. The molecule has 0 fully saturated rings. The molecule has 1 aromatic heterocycles. The Bertz CT molecular complexity index is 767. The van der Waals surface area contributed by atoms with Crippen LogP contribution >= 0.6 is 11.3 Å².